The maximum atomic E-state index is 13.0. The first-order valence-electron chi connectivity index (χ1n) is 11.2. The molecule has 166 valence electrons. The first-order valence-corrected chi connectivity index (χ1v) is 12.0. The van der Waals surface area contributed by atoms with Crippen LogP contribution in [0.15, 0.2) is 42.5 Å². The molecule has 3 heterocycles. The van der Waals surface area contributed by atoms with Gasteiger partial charge in [-0.25, -0.2) is 4.98 Å². The molecule has 0 spiro atoms. The number of fused-ring (bicyclic) bond motifs is 2. The van der Waals surface area contributed by atoms with E-state index in [4.69, 9.17) is 9.47 Å². The average molecular weight is 451 g/mol. The van der Waals surface area contributed by atoms with Crippen LogP contribution in [-0.2, 0) is 11.2 Å². The zero-order valence-corrected chi connectivity index (χ0v) is 18.7. The Kier molecular flexibility index (Phi) is 6.08. The highest BCUT2D eigenvalue weighted by molar-refractivity contribution is 7.18. The minimum absolute atomic E-state index is 0.0515. The van der Waals surface area contributed by atoms with Crippen molar-refractivity contribution >= 4 is 33.2 Å². The van der Waals surface area contributed by atoms with Crippen molar-refractivity contribution in [1.29, 1.82) is 0 Å². The number of rotatable bonds is 6. The standard InChI is InChI=1S/C25H26N2O4S/c28-24(7-3-6-23-26-19-4-1-2-5-22(19)32-23)27-12-10-17(11-13-27)25(29)18-8-9-20-21(16-18)31-15-14-30-20/h1-2,4-5,8-9,16-17H,3,6-7,10-15H2. The average Bonchev–Trinajstić information content (AvgIpc) is 3.26. The summed E-state index contributed by atoms with van der Waals surface area (Å²) in [7, 11) is 0. The van der Waals surface area contributed by atoms with E-state index in [1.807, 2.05) is 35.2 Å². The van der Waals surface area contributed by atoms with Gasteiger partial charge < -0.3 is 14.4 Å². The summed E-state index contributed by atoms with van der Waals surface area (Å²) < 4.78 is 12.3. The maximum absolute atomic E-state index is 13.0. The van der Waals surface area contributed by atoms with Crippen LogP contribution in [0.4, 0.5) is 0 Å². The van der Waals surface area contributed by atoms with E-state index in [-0.39, 0.29) is 17.6 Å². The zero-order chi connectivity index (χ0) is 21.9. The molecule has 32 heavy (non-hydrogen) atoms. The van der Waals surface area contributed by atoms with Gasteiger partial charge in [0.15, 0.2) is 17.3 Å². The molecule has 0 N–H and O–H groups in total. The Morgan fingerprint density at radius 2 is 1.81 bits per heavy atom. The van der Waals surface area contributed by atoms with Crippen LogP contribution in [0, 0.1) is 5.92 Å². The summed E-state index contributed by atoms with van der Waals surface area (Å²) in [4.78, 5) is 32.2. The van der Waals surface area contributed by atoms with Crippen LogP contribution in [0.1, 0.15) is 41.0 Å². The van der Waals surface area contributed by atoms with E-state index in [1.165, 1.54) is 4.70 Å². The molecule has 1 saturated heterocycles. The number of aromatic nitrogens is 1. The van der Waals surface area contributed by atoms with Gasteiger partial charge in [0.05, 0.1) is 15.2 Å². The Bertz CT molecular complexity index is 1100. The highest BCUT2D eigenvalue weighted by atomic mass is 32.1. The molecule has 2 aliphatic heterocycles. The van der Waals surface area contributed by atoms with Gasteiger partial charge >= 0.3 is 0 Å². The second kappa shape index (κ2) is 9.28. The molecule has 6 nitrogen and oxygen atoms in total. The number of hydrogen-bond acceptors (Lipinski definition) is 6. The largest absolute Gasteiger partial charge is 0.486 e. The Morgan fingerprint density at radius 1 is 1.03 bits per heavy atom. The Morgan fingerprint density at radius 3 is 2.62 bits per heavy atom. The molecule has 7 heteroatoms. The molecule has 1 amide bonds. The van der Waals surface area contributed by atoms with Crippen LogP contribution in [0.5, 0.6) is 11.5 Å². The van der Waals surface area contributed by atoms with E-state index < -0.39 is 0 Å². The molecule has 2 aliphatic rings. The highest BCUT2D eigenvalue weighted by Crippen LogP contribution is 2.32. The van der Waals surface area contributed by atoms with Gasteiger partial charge in [-0.1, -0.05) is 12.1 Å². The highest BCUT2D eigenvalue weighted by Gasteiger charge is 2.28. The molecule has 0 atom stereocenters. The van der Waals surface area contributed by atoms with Crippen LogP contribution < -0.4 is 9.47 Å². The normalized spacial score (nSPS) is 16.3. The molecule has 0 saturated carbocycles. The molecule has 5 rings (SSSR count). The van der Waals surface area contributed by atoms with E-state index in [0.717, 1.165) is 23.4 Å². The first kappa shape index (κ1) is 20.9. The minimum atomic E-state index is -0.0515. The molecule has 3 aromatic rings. The number of thiazole rings is 1. The van der Waals surface area contributed by atoms with E-state index in [1.54, 1.807) is 17.4 Å². The molecular weight excluding hydrogens is 424 g/mol. The summed E-state index contributed by atoms with van der Waals surface area (Å²) in [6.07, 6.45) is 3.56. The third kappa shape index (κ3) is 4.48. The summed E-state index contributed by atoms with van der Waals surface area (Å²) in [5.74, 6) is 1.59. The van der Waals surface area contributed by atoms with Crippen molar-refractivity contribution in [3.05, 3.63) is 53.0 Å². The number of nitrogens with zero attached hydrogens (tertiary/aromatic N) is 2. The van der Waals surface area contributed by atoms with Gasteiger partial charge in [-0.3, -0.25) is 9.59 Å². The van der Waals surface area contributed by atoms with Crippen LogP contribution in [0.3, 0.4) is 0 Å². The molecule has 2 aromatic carbocycles. The van der Waals surface area contributed by atoms with Gasteiger partial charge in [-0.05, 0) is 56.0 Å². The van der Waals surface area contributed by atoms with E-state index in [9.17, 15) is 9.59 Å². The summed E-state index contributed by atoms with van der Waals surface area (Å²) in [6.45, 7) is 2.32. The number of hydrogen-bond donors (Lipinski definition) is 0. The number of piperidine rings is 1. The number of Topliss-reactive ketones (excluding diaryl/α,β-unsaturated/α-hetero) is 1. The summed E-state index contributed by atoms with van der Waals surface area (Å²) in [6, 6.07) is 13.5. The maximum Gasteiger partial charge on any atom is 0.222 e. The van der Waals surface area contributed by atoms with Crippen LogP contribution in [0.25, 0.3) is 10.2 Å². The molecule has 0 aliphatic carbocycles. The number of aryl methyl sites for hydroxylation is 1. The third-order valence-electron chi connectivity index (χ3n) is 6.16. The summed E-state index contributed by atoms with van der Waals surface area (Å²) >= 11 is 1.70. The van der Waals surface area contributed by atoms with Crippen molar-refractivity contribution in [1.82, 2.24) is 9.88 Å². The van der Waals surface area contributed by atoms with Crippen molar-refractivity contribution in [3.8, 4) is 11.5 Å². The summed E-state index contributed by atoms with van der Waals surface area (Å²) in [5, 5.41) is 1.09. The van der Waals surface area contributed by atoms with Crippen LogP contribution in [-0.4, -0.2) is 47.9 Å². The zero-order valence-electron chi connectivity index (χ0n) is 17.9. The monoisotopic (exact) mass is 450 g/mol. The van der Waals surface area contributed by atoms with Gasteiger partial charge in [0.2, 0.25) is 5.91 Å². The minimum Gasteiger partial charge on any atom is -0.486 e. The quantitative estimate of drug-likeness (QED) is 0.517. The fraction of sp³-hybridized carbons (Fsp3) is 0.400. The van der Waals surface area contributed by atoms with Gasteiger partial charge in [0.25, 0.3) is 0 Å². The lowest BCUT2D eigenvalue weighted by Crippen LogP contribution is -2.40. The molecule has 0 radical (unpaired) electrons. The van der Waals surface area contributed by atoms with Gasteiger partial charge in [0.1, 0.15) is 13.2 Å². The van der Waals surface area contributed by atoms with Gasteiger partial charge in [-0.15, -0.1) is 11.3 Å². The molecule has 1 fully saturated rings. The third-order valence-corrected chi connectivity index (χ3v) is 7.26. The second-order valence-corrected chi connectivity index (χ2v) is 9.42. The Hall–Kier alpha value is -2.93. The Balaban J connectivity index is 1.10. The van der Waals surface area contributed by atoms with E-state index in [2.05, 4.69) is 11.1 Å². The predicted octanol–water partition coefficient (Wildman–Crippen LogP) is 4.51. The van der Waals surface area contributed by atoms with Crippen molar-refractivity contribution < 1.29 is 19.1 Å². The topological polar surface area (TPSA) is 68.7 Å². The molecule has 0 unspecified atom stereocenters. The fourth-order valence-corrected chi connectivity index (χ4v) is 5.41. The fourth-order valence-electron chi connectivity index (χ4n) is 4.40. The van der Waals surface area contributed by atoms with E-state index >= 15 is 0 Å². The number of ketones is 1. The number of carbonyl (C=O) groups is 2. The SMILES string of the molecule is O=C(c1ccc2c(c1)OCCO2)C1CCN(C(=O)CCCc2nc3ccccc3s2)CC1. The first-order chi connectivity index (χ1) is 15.7. The predicted molar refractivity (Wildman–Crippen MR) is 124 cm³/mol. The second-order valence-electron chi connectivity index (χ2n) is 8.31. The van der Waals surface area contributed by atoms with Crippen molar-refractivity contribution in [2.45, 2.75) is 32.1 Å². The lowest BCUT2D eigenvalue weighted by atomic mass is 9.88. The smallest absolute Gasteiger partial charge is 0.222 e. The van der Waals surface area contributed by atoms with Crippen LogP contribution in [0.2, 0.25) is 0 Å². The number of carbonyl (C=O) groups excluding carboxylic acids is 2. The number of ether oxygens (including phenoxy) is 2. The van der Waals surface area contributed by atoms with Crippen molar-refractivity contribution in [2.75, 3.05) is 26.3 Å². The summed E-state index contributed by atoms with van der Waals surface area (Å²) in [5.41, 5.74) is 1.69. The molecule has 1 aromatic heterocycles. The Labute approximate surface area is 191 Å². The van der Waals surface area contributed by atoms with E-state index in [0.29, 0.717) is 62.6 Å². The number of likely N-dealkylation sites (tertiary alicyclic amines) is 1. The molecular formula is C25H26N2O4S. The van der Waals surface area contributed by atoms with Crippen molar-refractivity contribution in [3.63, 3.8) is 0 Å². The lowest BCUT2D eigenvalue weighted by molar-refractivity contribution is -0.132. The number of amides is 1. The van der Waals surface area contributed by atoms with Gasteiger partial charge in [-0.2, -0.15) is 0 Å². The molecule has 0 bridgehead atoms. The van der Waals surface area contributed by atoms with Crippen molar-refractivity contribution in [2.24, 2.45) is 5.92 Å². The van der Waals surface area contributed by atoms with Crippen LogP contribution >= 0.6 is 11.3 Å². The number of benzene rings is 2. The van der Waals surface area contributed by atoms with Gasteiger partial charge in [0, 0.05) is 31.0 Å². The number of para-hydroxylation sites is 1. The lowest BCUT2D eigenvalue weighted by Gasteiger charge is -2.31.